The van der Waals surface area contributed by atoms with Crippen molar-refractivity contribution in [3.63, 3.8) is 0 Å². The Morgan fingerprint density at radius 2 is 2.00 bits per heavy atom. The maximum Gasteiger partial charge on any atom is 0.156 e. The van der Waals surface area contributed by atoms with Crippen LogP contribution in [-0.2, 0) is 11.3 Å². The topological polar surface area (TPSA) is 47.0 Å². The maximum absolute atomic E-state index is 5.66. The standard InChI is InChI=1S/C15H27N3O/c1-6-8-16-13-10-12(2)17-14(18-13)11-19-9-7-15(3,4)5/h10H,6-9,11H2,1-5H3,(H,16,17,18). The summed E-state index contributed by atoms with van der Waals surface area (Å²) in [4.78, 5) is 8.86. The van der Waals surface area contributed by atoms with Gasteiger partial charge in [-0.1, -0.05) is 27.7 Å². The molecule has 0 aliphatic carbocycles. The minimum Gasteiger partial charge on any atom is -0.373 e. The predicted octanol–water partition coefficient (Wildman–Crippen LogP) is 3.56. The molecule has 1 aromatic heterocycles. The minimum atomic E-state index is 0.307. The van der Waals surface area contributed by atoms with Crippen molar-refractivity contribution in [1.29, 1.82) is 0 Å². The predicted molar refractivity (Wildman–Crippen MR) is 79.3 cm³/mol. The van der Waals surface area contributed by atoms with Gasteiger partial charge in [0.25, 0.3) is 0 Å². The molecule has 4 heteroatoms. The second-order valence-corrected chi connectivity index (χ2v) is 6.10. The molecular formula is C15H27N3O. The van der Waals surface area contributed by atoms with Gasteiger partial charge in [-0.25, -0.2) is 9.97 Å². The maximum atomic E-state index is 5.66. The Balaban J connectivity index is 2.46. The van der Waals surface area contributed by atoms with Crippen molar-refractivity contribution in [2.75, 3.05) is 18.5 Å². The van der Waals surface area contributed by atoms with Gasteiger partial charge in [0.05, 0.1) is 0 Å². The van der Waals surface area contributed by atoms with Crippen molar-refractivity contribution in [1.82, 2.24) is 9.97 Å². The monoisotopic (exact) mass is 265 g/mol. The molecule has 1 aromatic rings. The molecule has 0 amide bonds. The number of anilines is 1. The van der Waals surface area contributed by atoms with E-state index in [1.807, 2.05) is 13.0 Å². The highest BCUT2D eigenvalue weighted by Gasteiger charge is 2.10. The van der Waals surface area contributed by atoms with E-state index in [0.717, 1.165) is 43.3 Å². The SMILES string of the molecule is CCCNc1cc(C)nc(COCCC(C)(C)C)n1. The molecule has 0 unspecified atom stereocenters. The van der Waals surface area contributed by atoms with Crippen LogP contribution in [0.5, 0.6) is 0 Å². The van der Waals surface area contributed by atoms with Crippen molar-refractivity contribution < 1.29 is 4.74 Å². The van der Waals surface area contributed by atoms with E-state index in [1.165, 1.54) is 0 Å². The van der Waals surface area contributed by atoms with Gasteiger partial charge < -0.3 is 10.1 Å². The Bertz CT molecular complexity index is 385. The summed E-state index contributed by atoms with van der Waals surface area (Å²) >= 11 is 0. The molecule has 0 fully saturated rings. The lowest BCUT2D eigenvalue weighted by atomic mass is 9.93. The van der Waals surface area contributed by atoms with Gasteiger partial charge in [0, 0.05) is 24.9 Å². The van der Waals surface area contributed by atoms with Crippen LogP contribution in [0.15, 0.2) is 6.07 Å². The Hall–Kier alpha value is -1.16. The van der Waals surface area contributed by atoms with E-state index in [2.05, 4.69) is 43.0 Å². The van der Waals surface area contributed by atoms with Gasteiger partial charge in [-0.3, -0.25) is 0 Å². The number of hydrogen-bond acceptors (Lipinski definition) is 4. The van der Waals surface area contributed by atoms with Gasteiger partial charge >= 0.3 is 0 Å². The van der Waals surface area contributed by atoms with Crippen LogP contribution in [0.2, 0.25) is 0 Å². The first-order valence-electron chi connectivity index (χ1n) is 7.07. The second kappa shape index (κ2) is 7.43. The quantitative estimate of drug-likeness (QED) is 0.766. The van der Waals surface area contributed by atoms with E-state index in [9.17, 15) is 0 Å². The van der Waals surface area contributed by atoms with Crippen LogP contribution in [0, 0.1) is 12.3 Å². The summed E-state index contributed by atoms with van der Waals surface area (Å²) in [7, 11) is 0. The summed E-state index contributed by atoms with van der Waals surface area (Å²) in [5.41, 5.74) is 1.28. The molecule has 108 valence electrons. The zero-order chi connectivity index (χ0) is 14.3. The Morgan fingerprint density at radius 3 is 2.63 bits per heavy atom. The highest BCUT2D eigenvalue weighted by atomic mass is 16.5. The molecule has 0 bridgehead atoms. The normalized spacial score (nSPS) is 11.6. The number of aromatic nitrogens is 2. The highest BCUT2D eigenvalue weighted by Crippen LogP contribution is 2.18. The third-order valence-electron chi connectivity index (χ3n) is 2.68. The van der Waals surface area contributed by atoms with E-state index in [4.69, 9.17) is 4.74 Å². The number of ether oxygens (including phenoxy) is 1. The summed E-state index contributed by atoms with van der Waals surface area (Å²) < 4.78 is 5.66. The fraction of sp³-hybridized carbons (Fsp3) is 0.733. The van der Waals surface area contributed by atoms with Gasteiger partial charge in [-0.05, 0) is 25.2 Å². The Labute approximate surface area is 117 Å². The molecule has 0 atom stereocenters. The molecule has 19 heavy (non-hydrogen) atoms. The van der Waals surface area contributed by atoms with E-state index in [1.54, 1.807) is 0 Å². The van der Waals surface area contributed by atoms with E-state index in [0.29, 0.717) is 12.0 Å². The first-order chi connectivity index (χ1) is 8.90. The van der Waals surface area contributed by atoms with Gasteiger partial charge in [-0.15, -0.1) is 0 Å². The van der Waals surface area contributed by atoms with Gasteiger partial charge in [0.1, 0.15) is 12.4 Å². The smallest absolute Gasteiger partial charge is 0.156 e. The van der Waals surface area contributed by atoms with Crippen LogP contribution >= 0.6 is 0 Å². The molecular weight excluding hydrogens is 238 g/mol. The van der Waals surface area contributed by atoms with Crippen LogP contribution in [0.1, 0.15) is 52.1 Å². The van der Waals surface area contributed by atoms with Crippen molar-refractivity contribution in [3.8, 4) is 0 Å². The Kier molecular flexibility index (Phi) is 6.22. The Morgan fingerprint density at radius 1 is 1.26 bits per heavy atom. The molecule has 0 radical (unpaired) electrons. The lowest BCUT2D eigenvalue weighted by Gasteiger charge is -2.17. The molecule has 1 heterocycles. The average molecular weight is 265 g/mol. The summed E-state index contributed by atoms with van der Waals surface area (Å²) in [6.45, 7) is 12.9. The molecule has 0 aliphatic rings. The summed E-state index contributed by atoms with van der Waals surface area (Å²) in [6, 6.07) is 1.97. The number of rotatable bonds is 7. The first-order valence-corrected chi connectivity index (χ1v) is 7.07. The molecule has 1 rings (SSSR count). The number of nitrogens with zero attached hydrogens (tertiary/aromatic N) is 2. The van der Waals surface area contributed by atoms with Crippen molar-refractivity contribution in [2.24, 2.45) is 5.41 Å². The van der Waals surface area contributed by atoms with E-state index in [-0.39, 0.29) is 0 Å². The van der Waals surface area contributed by atoms with Crippen LogP contribution in [0.3, 0.4) is 0 Å². The van der Waals surface area contributed by atoms with Gasteiger partial charge in [0.15, 0.2) is 5.82 Å². The minimum absolute atomic E-state index is 0.307. The number of aryl methyl sites for hydroxylation is 1. The molecule has 0 aromatic carbocycles. The zero-order valence-corrected chi connectivity index (χ0v) is 12.9. The van der Waals surface area contributed by atoms with Crippen molar-refractivity contribution >= 4 is 5.82 Å². The fourth-order valence-electron chi connectivity index (χ4n) is 1.58. The first kappa shape index (κ1) is 15.9. The molecule has 1 N–H and O–H groups in total. The molecule has 0 aliphatic heterocycles. The summed E-state index contributed by atoms with van der Waals surface area (Å²) in [5, 5.41) is 3.28. The largest absolute Gasteiger partial charge is 0.373 e. The van der Waals surface area contributed by atoms with E-state index < -0.39 is 0 Å². The third kappa shape index (κ3) is 7.11. The lowest BCUT2D eigenvalue weighted by Crippen LogP contribution is -2.11. The summed E-state index contributed by atoms with van der Waals surface area (Å²) in [5.74, 6) is 1.65. The second-order valence-electron chi connectivity index (χ2n) is 6.10. The van der Waals surface area contributed by atoms with E-state index >= 15 is 0 Å². The van der Waals surface area contributed by atoms with Crippen LogP contribution < -0.4 is 5.32 Å². The summed E-state index contributed by atoms with van der Waals surface area (Å²) in [6.07, 6.45) is 2.13. The van der Waals surface area contributed by atoms with Crippen LogP contribution in [0.25, 0.3) is 0 Å². The van der Waals surface area contributed by atoms with Gasteiger partial charge in [-0.2, -0.15) is 0 Å². The van der Waals surface area contributed by atoms with Crippen molar-refractivity contribution in [3.05, 3.63) is 17.6 Å². The number of hydrogen-bond donors (Lipinski definition) is 1. The third-order valence-corrected chi connectivity index (χ3v) is 2.68. The average Bonchev–Trinajstić information content (AvgIpc) is 2.30. The van der Waals surface area contributed by atoms with Crippen molar-refractivity contribution in [2.45, 2.75) is 54.1 Å². The van der Waals surface area contributed by atoms with Crippen LogP contribution in [-0.4, -0.2) is 23.1 Å². The van der Waals surface area contributed by atoms with Crippen LogP contribution in [0.4, 0.5) is 5.82 Å². The molecule has 0 saturated carbocycles. The zero-order valence-electron chi connectivity index (χ0n) is 12.9. The molecule has 4 nitrogen and oxygen atoms in total. The lowest BCUT2D eigenvalue weighted by molar-refractivity contribution is 0.0917. The molecule has 0 saturated heterocycles. The highest BCUT2D eigenvalue weighted by molar-refractivity contribution is 5.35. The molecule has 0 spiro atoms. The van der Waals surface area contributed by atoms with Gasteiger partial charge in [0.2, 0.25) is 0 Å². The number of nitrogens with one attached hydrogen (secondary N) is 1. The fourth-order valence-corrected chi connectivity index (χ4v) is 1.58.